The largest absolute Gasteiger partial charge is 0.504 e. The minimum absolute atomic E-state index is 0.193. The van der Waals surface area contributed by atoms with Gasteiger partial charge in [0, 0.05) is 41.5 Å². The molecule has 1 aromatic carbocycles. The van der Waals surface area contributed by atoms with Crippen molar-refractivity contribution in [2.75, 3.05) is 40.3 Å². The second-order valence-electron chi connectivity index (χ2n) is 8.36. The van der Waals surface area contributed by atoms with E-state index in [4.69, 9.17) is 4.74 Å². The summed E-state index contributed by atoms with van der Waals surface area (Å²) >= 11 is 1.75. The van der Waals surface area contributed by atoms with Crippen molar-refractivity contribution in [1.29, 1.82) is 0 Å². The van der Waals surface area contributed by atoms with E-state index in [-0.39, 0.29) is 11.2 Å². The van der Waals surface area contributed by atoms with Crippen LogP contribution >= 0.6 is 11.3 Å². The monoisotopic (exact) mass is 374 g/mol. The number of nitrogens with zero attached hydrogens (tertiary/aromatic N) is 2. The predicted molar refractivity (Wildman–Crippen MR) is 109 cm³/mol. The summed E-state index contributed by atoms with van der Waals surface area (Å²) in [5, 5.41) is 10.5. The van der Waals surface area contributed by atoms with Crippen LogP contribution < -0.4 is 4.74 Å². The fraction of sp³-hybridized carbons (Fsp3) is 0.524. The molecule has 0 unspecified atom stereocenters. The highest BCUT2D eigenvalue weighted by Crippen LogP contribution is 2.39. The molecule has 5 heteroatoms. The molecular weight excluding hydrogens is 344 g/mol. The van der Waals surface area contributed by atoms with Crippen LogP contribution in [0.15, 0.2) is 24.3 Å². The van der Waals surface area contributed by atoms with Gasteiger partial charge in [-0.3, -0.25) is 4.90 Å². The van der Waals surface area contributed by atoms with Crippen molar-refractivity contribution in [2.45, 2.75) is 27.3 Å². The Bertz CT molecular complexity index is 767. The summed E-state index contributed by atoms with van der Waals surface area (Å²) in [6.45, 7) is 11.0. The number of hydrogen-bond donors (Lipinski definition) is 1. The topological polar surface area (TPSA) is 35.9 Å². The van der Waals surface area contributed by atoms with E-state index in [1.165, 1.54) is 9.75 Å². The third-order valence-corrected chi connectivity index (χ3v) is 5.66. The Kier molecular flexibility index (Phi) is 5.61. The zero-order valence-electron chi connectivity index (χ0n) is 16.5. The molecule has 2 aromatic rings. The molecule has 1 aliphatic rings. The van der Waals surface area contributed by atoms with Gasteiger partial charge in [-0.15, -0.1) is 11.3 Å². The van der Waals surface area contributed by atoms with Gasteiger partial charge in [0.2, 0.25) is 0 Å². The lowest BCUT2D eigenvalue weighted by Gasteiger charge is -2.33. The van der Waals surface area contributed by atoms with Crippen molar-refractivity contribution in [2.24, 2.45) is 5.41 Å². The van der Waals surface area contributed by atoms with E-state index in [9.17, 15) is 5.11 Å². The summed E-state index contributed by atoms with van der Waals surface area (Å²) in [7, 11) is 4.24. The van der Waals surface area contributed by atoms with E-state index in [2.05, 4.69) is 62.9 Å². The molecule has 1 N–H and O–H groups in total. The third-order valence-electron chi connectivity index (χ3n) is 4.61. The maximum absolute atomic E-state index is 10.5. The van der Waals surface area contributed by atoms with Crippen LogP contribution in [0.2, 0.25) is 0 Å². The summed E-state index contributed by atoms with van der Waals surface area (Å²) in [4.78, 5) is 7.14. The second-order valence-corrected chi connectivity index (χ2v) is 9.64. The third kappa shape index (κ3) is 4.58. The molecule has 0 amide bonds. The molecular formula is C21H30N2O2S. The van der Waals surface area contributed by atoms with Gasteiger partial charge in [-0.1, -0.05) is 13.8 Å². The number of ether oxygens (including phenoxy) is 1. The highest BCUT2D eigenvalue weighted by Gasteiger charge is 2.26. The second kappa shape index (κ2) is 7.59. The number of hydrogen-bond acceptors (Lipinski definition) is 5. The zero-order valence-corrected chi connectivity index (χ0v) is 17.3. The maximum Gasteiger partial charge on any atom is 0.165 e. The first kappa shape index (κ1) is 19.2. The molecule has 26 heavy (non-hydrogen) atoms. The van der Waals surface area contributed by atoms with Crippen LogP contribution in [0.3, 0.4) is 0 Å². The molecule has 0 fully saturated rings. The van der Waals surface area contributed by atoms with Crippen molar-refractivity contribution in [3.8, 4) is 21.9 Å². The standard InChI is InChI=1S/C21H30N2O2S/c1-15-6-7-19(26-15)16-10-17-12-23(14-21(2,3)13-22(4)5)8-9-25-20(17)18(24)11-16/h6-7,10-11,24H,8-9,12-14H2,1-5H3. The number of benzene rings is 1. The quantitative estimate of drug-likeness (QED) is 0.850. The van der Waals surface area contributed by atoms with Crippen molar-refractivity contribution >= 4 is 11.3 Å². The van der Waals surface area contributed by atoms with E-state index < -0.39 is 0 Å². The molecule has 1 aromatic heterocycles. The number of phenols is 1. The van der Waals surface area contributed by atoms with Gasteiger partial charge in [0.25, 0.3) is 0 Å². The summed E-state index contributed by atoms with van der Waals surface area (Å²) in [6, 6.07) is 8.25. The van der Waals surface area contributed by atoms with Crippen LogP contribution in [-0.4, -0.2) is 55.2 Å². The van der Waals surface area contributed by atoms with Gasteiger partial charge >= 0.3 is 0 Å². The van der Waals surface area contributed by atoms with Crippen LogP contribution in [0.25, 0.3) is 10.4 Å². The van der Waals surface area contributed by atoms with E-state index in [1.54, 1.807) is 11.3 Å². The lowest BCUT2D eigenvalue weighted by Crippen LogP contribution is -2.40. The van der Waals surface area contributed by atoms with Gasteiger partial charge in [0.05, 0.1) is 0 Å². The first-order chi connectivity index (χ1) is 12.2. The van der Waals surface area contributed by atoms with Gasteiger partial charge in [-0.25, -0.2) is 0 Å². The smallest absolute Gasteiger partial charge is 0.165 e. The maximum atomic E-state index is 10.5. The van der Waals surface area contributed by atoms with Crippen molar-refractivity contribution < 1.29 is 9.84 Å². The van der Waals surface area contributed by atoms with Crippen LogP contribution in [0.5, 0.6) is 11.5 Å². The van der Waals surface area contributed by atoms with E-state index in [1.807, 2.05) is 6.07 Å². The number of aryl methyl sites for hydroxylation is 1. The Morgan fingerprint density at radius 2 is 2.04 bits per heavy atom. The number of rotatable bonds is 5. The van der Waals surface area contributed by atoms with Crippen LogP contribution in [0.1, 0.15) is 24.3 Å². The summed E-state index contributed by atoms with van der Waals surface area (Å²) in [6.07, 6.45) is 0. The molecule has 3 rings (SSSR count). The molecule has 0 aliphatic carbocycles. The van der Waals surface area contributed by atoms with E-state index >= 15 is 0 Å². The SMILES string of the molecule is Cc1ccc(-c2cc(O)c3c(c2)CN(CC(C)(C)CN(C)C)CCO3)s1. The molecule has 0 atom stereocenters. The average molecular weight is 375 g/mol. The number of thiophene rings is 1. The average Bonchev–Trinajstić information content (AvgIpc) is 2.83. The molecule has 1 aliphatic heterocycles. The molecule has 0 saturated carbocycles. The molecule has 2 heterocycles. The Balaban J connectivity index is 1.85. The molecule has 0 saturated heterocycles. The number of aromatic hydroxyl groups is 1. The highest BCUT2D eigenvalue weighted by atomic mass is 32.1. The Hall–Kier alpha value is -1.56. The van der Waals surface area contributed by atoms with Gasteiger partial charge in [-0.05, 0) is 56.3 Å². The van der Waals surface area contributed by atoms with Crippen LogP contribution in [0, 0.1) is 12.3 Å². The zero-order chi connectivity index (χ0) is 18.9. The highest BCUT2D eigenvalue weighted by molar-refractivity contribution is 7.15. The van der Waals surface area contributed by atoms with Gasteiger partial charge in [-0.2, -0.15) is 0 Å². The summed E-state index contributed by atoms with van der Waals surface area (Å²) < 4.78 is 5.90. The molecule has 0 spiro atoms. The van der Waals surface area contributed by atoms with Crippen molar-refractivity contribution in [3.05, 3.63) is 34.7 Å². The van der Waals surface area contributed by atoms with Gasteiger partial charge in [0.15, 0.2) is 11.5 Å². The fourth-order valence-corrected chi connectivity index (χ4v) is 4.79. The lowest BCUT2D eigenvalue weighted by molar-refractivity contribution is 0.131. The Morgan fingerprint density at radius 1 is 1.27 bits per heavy atom. The van der Waals surface area contributed by atoms with Crippen LogP contribution in [0.4, 0.5) is 0 Å². The predicted octanol–water partition coefficient (Wildman–Crippen LogP) is 4.21. The minimum Gasteiger partial charge on any atom is -0.504 e. The molecule has 0 radical (unpaired) electrons. The molecule has 4 nitrogen and oxygen atoms in total. The summed E-state index contributed by atoms with van der Waals surface area (Å²) in [5.41, 5.74) is 2.33. The first-order valence-electron chi connectivity index (χ1n) is 9.16. The van der Waals surface area contributed by atoms with E-state index in [0.717, 1.165) is 37.3 Å². The first-order valence-corrected chi connectivity index (χ1v) is 9.98. The lowest BCUT2D eigenvalue weighted by atomic mass is 9.92. The minimum atomic E-state index is 0.193. The molecule has 142 valence electrons. The normalized spacial score (nSPS) is 15.6. The van der Waals surface area contributed by atoms with Crippen molar-refractivity contribution in [3.63, 3.8) is 0 Å². The Morgan fingerprint density at radius 3 is 2.69 bits per heavy atom. The number of phenolic OH excluding ortho intramolecular Hbond substituents is 1. The summed E-state index contributed by atoms with van der Waals surface area (Å²) in [5.74, 6) is 0.896. The van der Waals surface area contributed by atoms with Gasteiger partial charge < -0.3 is 14.7 Å². The Labute approximate surface area is 161 Å². The number of fused-ring (bicyclic) bond motifs is 1. The van der Waals surface area contributed by atoms with Crippen LogP contribution in [-0.2, 0) is 6.54 Å². The van der Waals surface area contributed by atoms with Crippen molar-refractivity contribution in [1.82, 2.24) is 9.80 Å². The molecule has 0 bridgehead atoms. The van der Waals surface area contributed by atoms with E-state index in [0.29, 0.717) is 12.4 Å². The van der Waals surface area contributed by atoms with Gasteiger partial charge in [0.1, 0.15) is 6.61 Å². The fourth-order valence-electron chi connectivity index (χ4n) is 3.93.